The number of imide groups is 1. The number of rotatable bonds is 4. The maximum atomic E-state index is 14.7. The van der Waals surface area contributed by atoms with Crippen molar-refractivity contribution in [2.24, 2.45) is 0 Å². The van der Waals surface area contributed by atoms with E-state index in [9.17, 15) is 14.0 Å². The smallest absolute Gasteiger partial charge is 0.249 e. The molecule has 0 saturated carbocycles. The van der Waals surface area contributed by atoms with Crippen LogP contribution in [0.4, 0.5) is 15.8 Å². The molecule has 0 aliphatic carbocycles. The molecule has 8 heteroatoms. The van der Waals surface area contributed by atoms with Crippen molar-refractivity contribution in [1.82, 2.24) is 15.5 Å². The van der Waals surface area contributed by atoms with Gasteiger partial charge in [0.2, 0.25) is 11.8 Å². The lowest BCUT2D eigenvalue weighted by Gasteiger charge is -2.41. The van der Waals surface area contributed by atoms with E-state index in [0.717, 1.165) is 39.3 Å². The van der Waals surface area contributed by atoms with E-state index in [0.29, 0.717) is 30.3 Å². The molecule has 0 bridgehead atoms. The van der Waals surface area contributed by atoms with E-state index in [2.05, 4.69) is 25.8 Å². The van der Waals surface area contributed by atoms with Gasteiger partial charge in [-0.15, -0.1) is 0 Å². The molecule has 2 amide bonds. The van der Waals surface area contributed by atoms with Gasteiger partial charge in [-0.2, -0.15) is 0 Å². The molecule has 3 heterocycles. The van der Waals surface area contributed by atoms with Crippen molar-refractivity contribution >= 4 is 23.2 Å². The van der Waals surface area contributed by atoms with Gasteiger partial charge in [0, 0.05) is 44.3 Å². The lowest BCUT2D eigenvalue weighted by molar-refractivity contribution is -0.133. The number of anilines is 2. The Labute approximate surface area is 178 Å². The van der Waals surface area contributed by atoms with Crippen LogP contribution in [0.2, 0.25) is 0 Å². The number of carbonyl (C=O) groups is 2. The number of halogens is 1. The van der Waals surface area contributed by atoms with Crippen LogP contribution in [0.5, 0.6) is 0 Å². The van der Waals surface area contributed by atoms with Gasteiger partial charge in [-0.3, -0.25) is 19.8 Å². The number of benzene rings is 1. The fraction of sp³-hybridized carbons (Fsp3) is 0.636. The predicted octanol–water partition coefficient (Wildman–Crippen LogP) is 1.94. The third-order valence-electron chi connectivity index (χ3n) is 6.01. The molecule has 1 atom stereocenters. The third-order valence-corrected chi connectivity index (χ3v) is 6.01. The summed E-state index contributed by atoms with van der Waals surface area (Å²) in [6.07, 6.45) is 3.10. The second-order valence-electron chi connectivity index (χ2n) is 7.82. The maximum Gasteiger partial charge on any atom is 0.249 e. The monoisotopic (exact) mass is 419 g/mol. The number of carbonyl (C=O) groups excluding carboxylic acids is 2. The van der Waals surface area contributed by atoms with Crippen molar-refractivity contribution < 1.29 is 14.0 Å². The predicted molar refractivity (Wildman–Crippen MR) is 117 cm³/mol. The van der Waals surface area contributed by atoms with Crippen molar-refractivity contribution in [1.29, 1.82) is 0 Å². The minimum atomic E-state index is -0.503. The Hall–Kier alpha value is -2.19. The lowest BCUT2D eigenvalue weighted by Crippen LogP contribution is -2.53. The van der Waals surface area contributed by atoms with Gasteiger partial charge in [-0.25, -0.2) is 4.39 Å². The first kappa shape index (κ1) is 22.5. The summed E-state index contributed by atoms with van der Waals surface area (Å²) in [5.74, 6) is -0.893. The fourth-order valence-corrected chi connectivity index (χ4v) is 4.39. The molecular weight excluding hydrogens is 385 g/mol. The lowest BCUT2D eigenvalue weighted by atomic mass is 10.0. The summed E-state index contributed by atoms with van der Waals surface area (Å²) in [5.41, 5.74) is 1.17. The average molecular weight is 420 g/mol. The second-order valence-corrected chi connectivity index (χ2v) is 7.82. The van der Waals surface area contributed by atoms with Crippen LogP contribution < -0.4 is 20.9 Å². The van der Waals surface area contributed by atoms with Crippen LogP contribution in [0.3, 0.4) is 0 Å². The van der Waals surface area contributed by atoms with Crippen molar-refractivity contribution in [3.05, 3.63) is 24.0 Å². The van der Waals surface area contributed by atoms with Crippen LogP contribution in [-0.4, -0.2) is 68.1 Å². The molecule has 0 aromatic heterocycles. The largest absolute Gasteiger partial charge is 0.374 e. The Kier molecular flexibility index (Phi) is 8.04. The topological polar surface area (TPSA) is 76.7 Å². The van der Waals surface area contributed by atoms with Gasteiger partial charge in [-0.1, -0.05) is 13.8 Å². The highest BCUT2D eigenvalue weighted by Crippen LogP contribution is 2.26. The van der Waals surface area contributed by atoms with Gasteiger partial charge in [0.05, 0.1) is 5.69 Å². The van der Waals surface area contributed by atoms with E-state index in [1.54, 1.807) is 12.1 Å². The van der Waals surface area contributed by atoms with Crippen molar-refractivity contribution in [2.75, 3.05) is 49.5 Å². The Morgan fingerprint density at radius 2 is 1.73 bits per heavy atom. The van der Waals surface area contributed by atoms with E-state index in [-0.39, 0.29) is 17.6 Å². The van der Waals surface area contributed by atoms with E-state index < -0.39 is 6.04 Å². The Balaban J connectivity index is 0.00000124. The highest BCUT2D eigenvalue weighted by atomic mass is 19.1. The molecular formula is C22H34FN5O2. The van der Waals surface area contributed by atoms with Crippen LogP contribution in [0.25, 0.3) is 0 Å². The first-order valence-corrected chi connectivity index (χ1v) is 11.2. The molecule has 0 radical (unpaired) electrons. The van der Waals surface area contributed by atoms with Gasteiger partial charge >= 0.3 is 0 Å². The summed E-state index contributed by atoms with van der Waals surface area (Å²) < 4.78 is 14.7. The average Bonchev–Trinajstić information content (AvgIpc) is 2.78. The van der Waals surface area contributed by atoms with E-state index in [4.69, 9.17) is 0 Å². The zero-order valence-electron chi connectivity index (χ0n) is 18.0. The van der Waals surface area contributed by atoms with E-state index in [1.165, 1.54) is 18.9 Å². The molecule has 1 aromatic carbocycles. The summed E-state index contributed by atoms with van der Waals surface area (Å²) in [6.45, 7) is 9.73. The number of hydrogen-bond acceptors (Lipinski definition) is 6. The molecule has 3 aliphatic heterocycles. The summed E-state index contributed by atoms with van der Waals surface area (Å²) >= 11 is 0. The Bertz CT molecular complexity index is 730. The van der Waals surface area contributed by atoms with Gasteiger partial charge in [0.1, 0.15) is 11.9 Å². The van der Waals surface area contributed by atoms with Crippen molar-refractivity contribution in [2.45, 2.75) is 51.6 Å². The van der Waals surface area contributed by atoms with Crippen LogP contribution in [0.1, 0.15) is 39.5 Å². The summed E-state index contributed by atoms with van der Waals surface area (Å²) in [4.78, 5) is 27.7. The number of amides is 2. The first-order valence-electron chi connectivity index (χ1n) is 11.2. The molecule has 1 unspecified atom stereocenters. The molecule has 3 N–H and O–H groups in total. The van der Waals surface area contributed by atoms with Gasteiger partial charge in [-0.05, 0) is 50.6 Å². The maximum absolute atomic E-state index is 14.7. The normalized spacial score (nSPS) is 23.4. The fourth-order valence-electron chi connectivity index (χ4n) is 4.39. The van der Waals surface area contributed by atoms with Gasteiger partial charge in [0.25, 0.3) is 0 Å². The Morgan fingerprint density at radius 1 is 1.03 bits per heavy atom. The van der Waals surface area contributed by atoms with Gasteiger partial charge < -0.3 is 15.5 Å². The Morgan fingerprint density at radius 3 is 2.37 bits per heavy atom. The van der Waals surface area contributed by atoms with Crippen molar-refractivity contribution in [3.8, 4) is 0 Å². The minimum Gasteiger partial charge on any atom is -0.374 e. The highest BCUT2D eigenvalue weighted by Gasteiger charge is 2.28. The van der Waals surface area contributed by atoms with Crippen molar-refractivity contribution in [3.63, 3.8) is 0 Å². The quantitative estimate of drug-likeness (QED) is 0.648. The number of piperazine rings is 1. The standard InChI is InChI=1S/C20H28FN5O2.C2H6/c21-16-13-14(23-17-2-4-19(27)24-20(17)28)1-3-18(16)26-11-9-25(10-12-26)15-5-7-22-8-6-15;1-2/h1,3,13,15,17,22-23H,2,4-12H2,(H,24,27,28);1-2H3. The molecule has 1 aromatic rings. The van der Waals surface area contributed by atoms with E-state index >= 15 is 0 Å². The molecule has 30 heavy (non-hydrogen) atoms. The second kappa shape index (κ2) is 10.7. The van der Waals surface area contributed by atoms with Gasteiger partial charge in [0.15, 0.2) is 0 Å². The molecule has 4 rings (SSSR count). The van der Waals surface area contributed by atoms with E-state index in [1.807, 2.05) is 13.8 Å². The molecule has 3 fully saturated rings. The highest BCUT2D eigenvalue weighted by molar-refractivity contribution is 6.01. The number of piperidine rings is 2. The zero-order chi connectivity index (χ0) is 21.5. The van der Waals surface area contributed by atoms with Crippen LogP contribution in [0.15, 0.2) is 18.2 Å². The number of nitrogens with one attached hydrogen (secondary N) is 3. The molecule has 166 valence electrons. The first-order chi connectivity index (χ1) is 14.6. The zero-order valence-corrected chi connectivity index (χ0v) is 18.0. The third kappa shape index (κ3) is 5.49. The SMILES string of the molecule is CC.O=C1CCC(Nc2ccc(N3CCN(C4CCNCC4)CC3)c(F)c2)C(=O)N1. The number of hydrogen-bond donors (Lipinski definition) is 3. The van der Waals surface area contributed by atoms with Crippen LogP contribution in [-0.2, 0) is 9.59 Å². The molecule has 0 spiro atoms. The summed E-state index contributed by atoms with van der Waals surface area (Å²) in [7, 11) is 0. The molecule has 3 aliphatic rings. The summed E-state index contributed by atoms with van der Waals surface area (Å²) in [5, 5.41) is 8.74. The molecule has 3 saturated heterocycles. The minimum absolute atomic E-state index is 0.256. The summed E-state index contributed by atoms with van der Waals surface area (Å²) in [6, 6.07) is 5.17. The number of nitrogens with zero attached hydrogens (tertiary/aromatic N) is 2. The van der Waals surface area contributed by atoms with Crippen LogP contribution >= 0.6 is 0 Å². The van der Waals surface area contributed by atoms with Crippen LogP contribution in [0, 0.1) is 5.82 Å². The molecule has 7 nitrogen and oxygen atoms in total.